The molecule has 3 nitrogen and oxygen atoms in total. The molecule has 0 aliphatic heterocycles. The molecule has 1 unspecified atom stereocenters. The lowest BCUT2D eigenvalue weighted by molar-refractivity contribution is 0.0218. The maximum Gasteiger partial charge on any atom is 0.222 e. The first kappa shape index (κ1) is 10.2. The van der Waals surface area contributed by atoms with Crippen LogP contribution in [-0.4, -0.2) is 23.5 Å². The zero-order valence-electron chi connectivity index (χ0n) is 6.92. The summed E-state index contributed by atoms with van der Waals surface area (Å²) in [5, 5.41) is 0. The van der Waals surface area contributed by atoms with E-state index in [2.05, 4.69) is 0 Å². The molecule has 0 aromatic carbocycles. The second-order valence-corrected chi connectivity index (χ2v) is 5.80. The van der Waals surface area contributed by atoms with E-state index in [9.17, 15) is 4.57 Å². The molecular weight excluding hydrogens is 151 g/mol. The summed E-state index contributed by atoms with van der Waals surface area (Å²) >= 11 is 0. The summed E-state index contributed by atoms with van der Waals surface area (Å²) in [6, 6.07) is 0. The lowest BCUT2D eigenvalue weighted by atomic mass is 10.2. The third-order valence-corrected chi connectivity index (χ3v) is 1.35. The maximum atomic E-state index is 10.7. The van der Waals surface area contributed by atoms with Gasteiger partial charge in [-0.2, -0.15) is 0 Å². The Morgan fingerprint density at radius 3 is 2.00 bits per heavy atom. The van der Waals surface area contributed by atoms with Gasteiger partial charge < -0.3 is 9.63 Å². The Morgan fingerprint density at radius 1 is 1.50 bits per heavy atom. The number of hydrogen-bond acceptors (Lipinski definition) is 2. The molecule has 10 heavy (non-hydrogen) atoms. The van der Waals surface area contributed by atoms with E-state index < -0.39 is 7.37 Å². The average molecular weight is 166 g/mol. The van der Waals surface area contributed by atoms with Gasteiger partial charge in [0, 0.05) is 6.66 Å². The van der Waals surface area contributed by atoms with Gasteiger partial charge in [-0.15, -0.1) is 0 Å². The molecule has 0 saturated carbocycles. The molecule has 0 aromatic rings. The summed E-state index contributed by atoms with van der Waals surface area (Å²) in [5.74, 6) is 0. The van der Waals surface area contributed by atoms with Crippen LogP contribution in [0.1, 0.15) is 20.8 Å². The summed E-state index contributed by atoms with van der Waals surface area (Å²) in [4.78, 5) is 8.81. The Kier molecular flexibility index (Phi) is 3.08. The summed E-state index contributed by atoms with van der Waals surface area (Å²) in [7, 11) is -2.98. The molecule has 0 bridgehead atoms. The van der Waals surface area contributed by atoms with Crippen molar-refractivity contribution < 1.29 is 14.2 Å². The van der Waals surface area contributed by atoms with Gasteiger partial charge in [-0.25, -0.2) is 0 Å². The monoisotopic (exact) mass is 166 g/mol. The van der Waals surface area contributed by atoms with Gasteiger partial charge >= 0.3 is 0 Å². The van der Waals surface area contributed by atoms with Gasteiger partial charge in [-0.05, 0) is 20.8 Å². The quantitative estimate of drug-likeness (QED) is 0.634. The second-order valence-electron chi connectivity index (χ2n) is 3.44. The molecule has 4 heteroatoms. The second kappa shape index (κ2) is 3.04. The molecule has 0 aromatic heterocycles. The largest absolute Gasteiger partial charge is 0.366 e. The van der Waals surface area contributed by atoms with Crippen molar-refractivity contribution in [1.82, 2.24) is 0 Å². The summed E-state index contributed by atoms with van der Waals surface area (Å²) in [5.41, 5.74) is -0.325. The van der Waals surface area contributed by atoms with E-state index in [-0.39, 0.29) is 11.9 Å². The van der Waals surface area contributed by atoms with Gasteiger partial charge in [0.2, 0.25) is 7.37 Å². The van der Waals surface area contributed by atoms with Crippen LogP contribution in [0.3, 0.4) is 0 Å². The Morgan fingerprint density at radius 2 is 1.90 bits per heavy atom. The molecule has 0 saturated heterocycles. The van der Waals surface area contributed by atoms with E-state index in [0.717, 1.165) is 0 Å². The number of hydrogen-bond donors (Lipinski definition) is 1. The van der Waals surface area contributed by atoms with Gasteiger partial charge in [0.25, 0.3) is 0 Å². The minimum absolute atomic E-state index is 0.0590. The molecule has 0 spiro atoms. The first-order chi connectivity index (χ1) is 4.21. The highest BCUT2D eigenvalue weighted by molar-refractivity contribution is 7.56. The standard InChI is InChI=1S/C6H15O3P/c1-6(2,3)9-5-10(4,7)8/h5H2,1-4H3,(H,7,8). The van der Waals surface area contributed by atoms with Gasteiger partial charge in [0.05, 0.1) is 5.60 Å². The summed E-state index contributed by atoms with van der Waals surface area (Å²) in [6.45, 7) is 6.84. The van der Waals surface area contributed by atoms with Crippen molar-refractivity contribution in [1.29, 1.82) is 0 Å². The van der Waals surface area contributed by atoms with Crippen LogP contribution >= 0.6 is 7.37 Å². The fourth-order valence-corrected chi connectivity index (χ4v) is 0.940. The summed E-state index contributed by atoms with van der Waals surface area (Å²) < 4.78 is 15.8. The SMILES string of the molecule is CC(C)(C)OCP(C)(=O)O. The average Bonchev–Trinajstić information content (AvgIpc) is 1.57. The van der Waals surface area contributed by atoms with E-state index in [1.54, 1.807) is 0 Å². The van der Waals surface area contributed by atoms with Crippen molar-refractivity contribution in [2.75, 3.05) is 13.0 Å². The molecule has 0 amide bonds. The Labute approximate surface area is 61.8 Å². The van der Waals surface area contributed by atoms with Gasteiger partial charge in [-0.1, -0.05) is 0 Å². The van der Waals surface area contributed by atoms with Crippen molar-refractivity contribution in [3.63, 3.8) is 0 Å². The van der Waals surface area contributed by atoms with Crippen LogP contribution in [-0.2, 0) is 9.30 Å². The van der Waals surface area contributed by atoms with Crippen molar-refractivity contribution in [3.8, 4) is 0 Å². The highest BCUT2D eigenvalue weighted by Gasteiger charge is 2.16. The van der Waals surface area contributed by atoms with E-state index in [4.69, 9.17) is 9.63 Å². The molecule has 0 fully saturated rings. The van der Waals surface area contributed by atoms with Gasteiger partial charge in [0.15, 0.2) is 0 Å². The molecule has 0 rings (SSSR count). The Balaban J connectivity index is 3.67. The van der Waals surface area contributed by atoms with Crippen molar-refractivity contribution in [2.24, 2.45) is 0 Å². The van der Waals surface area contributed by atoms with E-state index >= 15 is 0 Å². The van der Waals surface area contributed by atoms with Crippen molar-refractivity contribution in [3.05, 3.63) is 0 Å². The van der Waals surface area contributed by atoms with Crippen LogP contribution in [0.5, 0.6) is 0 Å². The zero-order valence-corrected chi connectivity index (χ0v) is 7.81. The van der Waals surface area contributed by atoms with Gasteiger partial charge in [0.1, 0.15) is 6.35 Å². The molecule has 62 valence electrons. The van der Waals surface area contributed by atoms with Crippen molar-refractivity contribution in [2.45, 2.75) is 26.4 Å². The smallest absolute Gasteiger partial charge is 0.222 e. The highest BCUT2D eigenvalue weighted by Crippen LogP contribution is 2.36. The van der Waals surface area contributed by atoms with Crippen molar-refractivity contribution >= 4 is 7.37 Å². The predicted octanol–water partition coefficient (Wildman–Crippen LogP) is 1.66. The van der Waals surface area contributed by atoms with Crippen LogP contribution < -0.4 is 0 Å². The fourth-order valence-electron chi connectivity index (χ4n) is 0.313. The molecule has 1 N–H and O–H groups in total. The van der Waals surface area contributed by atoms with Crippen LogP contribution in [0.4, 0.5) is 0 Å². The number of rotatable bonds is 2. The highest BCUT2D eigenvalue weighted by atomic mass is 31.2. The first-order valence-electron chi connectivity index (χ1n) is 3.14. The topological polar surface area (TPSA) is 46.5 Å². The van der Waals surface area contributed by atoms with Crippen LogP contribution in [0.15, 0.2) is 0 Å². The molecule has 0 aliphatic rings. The van der Waals surface area contributed by atoms with Crippen LogP contribution in [0.2, 0.25) is 0 Å². The van der Waals surface area contributed by atoms with E-state index in [0.29, 0.717) is 0 Å². The third kappa shape index (κ3) is 8.15. The molecular formula is C6H15O3P. The zero-order chi connectivity index (χ0) is 8.41. The Hall–Kier alpha value is 0.150. The number of ether oxygens (including phenoxy) is 1. The van der Waals surface area contributed by atoms with Crippen LogP contribution in [0.25, 0.3) is 0 Å². The normalized spacial score (nSPS) is 18.5. The van der Waals surface area contributed by atoms with E-state index in [1.165, 1.54) is 6.66 Å². The summed E-state index contributed by atoms with van der Waals surface area (Å²) in [6.07, 6.45) is -0.0590. The predicted molar refractivity (Wildman–Crippen MR) is 41.5 cm³/mol. The van der Waals surface area contributed by atoms with Gasteiger partial charge in [-0.3, -0.25) is 4.57 Å². The maximum absolute atomic E-state index is 10.7. The first-order valence-corrected chi connectivity index (χ1v) is 5.43. The lowest BCUT2D eigenvalue weighted by Gasteiger charge is -2.20. The van der Waals surface area contributed by atoms with E-state index in [1.807, 2.05) is 20.8 Å². The third-order valence-electron chi connectivity index (χ3n) is 0.737. The van der Waals surface area contributed by atoms with Crippen LogP contribution in [0, 0.1) is 0 Å². The molecule has 0 heterocycles. The lowest BCUT2D eigenvalue weighted by Crippen LogP contribution is -2.19. The fraction of sp³-hybridized carbons (Fsp3) is 1.00. The molecule has 1 atom stereocenters. The minimum atomic E-state index is -2.98. The molecule has 0 aliphatic carbocycles. The molecule has 0 radical (unpaired) electrons. The Bertz CT molecular complexity index is 142. The minimum Gasteiger partial charge on any atom is -0.366 e.